The molecule has 0 radical (unpaired) electrons. The third kappa shape index (κ3) is 6.13. The largest absolute Gasteiger partial charge is 0.379 e. The van der Waals surface area contributed by atoms with Crippen LogP contribution in [-0.4, -0.2) is 68.2 Å². The maximum Gasteiger partial charge on any atom is 0.191 e. The van der Waals surface area contributed by atoms with Gasteiger partial charge in [0.25, 0.3) is 0 Å². The summed E-state index contributed by atoms with van der Waals surface area (Å²) in [6.45, 7) is 10.2. The maximum atomic E-state index is 6.07. The predicted molar refractivity (Wildman–Crippen MR) is 93.8 cm³/mol. The molecule has 0 bridgehead atoms. The number of nitrogens with zero attached hydrogens (tertiary/aromatic N) is 3. The van der Waals surface area contributed by atoms with Crippen LogP contribution in [0.15, 0.2) is 4.99 Å². The van der Waals surface area contributed by atoms with Crippen molar-refractivity contribution in [2.24, 2.45) is 16.6 Å². The SMILES string of the molecule is CC1CCCN(C(N)=NCCCN2CCOCC2)C1.I. The molecule has 2 N–H and O–H groups in total. The Hall–Kier alpha value is -0.0800. The molecule has 0 aromatic rings. The first-order valence-electron chi connectivity index (χ1n) is 7.60. The van der Waals surface area contributed by atoms with Gasteiger partial charge in [0.15, 0.2) is 5.96 Å². The van der Waals surface area contributed by atoms with Crippen molar-refractivity contribution < 1.29 is 4.74 Å². The number of rotatable bonds is 4. The third-order valence-electron chi connectivity index (χ3n) is 3.99. The van der Waals surface area contributed by atoms with E-state index in [1.54, 1.807) is 0 Å². The molecule has 0 amide bonds. The van der Waals surface area contributed by atoms with Gasteiger partial charge in [-0.25, -0.2) is 0 Å². The molecule has 5 nitrogen and oxygen atoms in total. The van der Waals surface area contributed by atoms with Gasteiger partial charge in [0, 0.05) is 39.3 Å². The summed E-state index contributed by atoms with van der Waals surface area (Å²) in [7, 11) is 0. The van der Waals surface area contributed by atoms with Crippen molar-refractivity contribution in [2.75, 3.05) is 52.5 Å². The minimum atomic E-state index is 0. The second-order valence-corrected chi connectivity index (χ2v) is 5.74. The Balaban J connectivity index is 0.00000200. The third-order valence-corrected chi connectivity index (χ3v) is 3.99. The standard InChI is InChI=1S/C14H28N4O.HI/c1-13-4-2-7-18(12-13)14(15)16-5-3-6-17-8-10-19-11-9-17;/h13H,2-12H2,1H3,(H2,15,16);1H. The van der Waals surface area contributed by atoms with Gasteiger partial charge in [0.1, 0.15) is 0 Å². The molecule has 1 unspecified atom stereocenters. The van der Waals surface area contributed by atoms with E-state index < -0.39 is 0 Å². The van der Waals surface area contributed by atoms with Crippen LogP contribution in [0.4, 0.5) is 0 Å². The first-order valence-corrected chi connectivity index (χ1v) is 7.60. The molecule has 0 spiro atoms. The number of hydrogen-bond donors (Lipinski definition) is 1. The van der Waals surface area contributed by atoms with Gasteiger partial charge in [-0.2, -0.15) is 0 Å². The summed E-state index contributed by atoms with van der Waals surface area (Å²) in [6, 6.07) is 0. The van der Waals surface area contributed by atoms with E-state index in [1.165, 1.54) is 12.8 Å². The zero-order valence-corrected chi connectivity index (χ0v) is 14.9. The average molecular weight is 396 g/mol. The first kappa shape index (κ1) is 18.0. The predicted octanol–water partition coefficient (Wildman–Crippen LogP) is 1.37. The molecule has 0 aromatic heterocycles. The molecule has 2 heterocycles. The van der Waals surface area contributed by atoms with E-state index in [4.69, 9.17) is 10.5 Å². The molecule has 0 aliphatic carbocycles. The summed E-state index contributed by atoms with van der Waals surface area (Å²) >= 11 is 0. The number of aliphatic imine (C=N–C) groups is 1. The quantitative estimate of drug-likeness (QED) is 0.338. The molecule has 0 aromatic carbocycles. The van der Waals surface area contributed by atoms with Crippen molar-refractivity contribution in [1.82, 2.24) is 9.80 Å². The van der Waals surface area contributed by atoms with Crippen molar-refractivity contribution in [1.29, 1.82) is 0 Å². The van der Waals surface area contributed by atoms with Crippen molar-refractivity contribution in [3.05, 3.63) is 0 Å². The van der Waals surface area contributed by atoms with Gasteiger partial charge in [-0.15, -0.1) is 24.0 Å². The first-order chi connectivity index (χ1) is 9.25. The van der Waals surface area contributed by atoms with Crippen molar-refractivity contribution in [2.45, 2.75) is 26.2 Å². The molecule has 2 rings (SSSR count). The van der Waals surface area contributed by atoms with Crippen LogP contribution in [0.1, 0.15) is 26.2 Å². The number of nitrogens with two attached hydrogens (primary N) is 1. The van der Waals surface area contributed by atoms with Gasteiger partial charge in [-0.05, 0) is 25.2 Å². The van der Waals surface area contributed by atoms with E-state index in [1.807, 2.05) is 0 Å². The van der Waals surface area contributed by atoms with Crippen molar-refractivity contribution >= 4 is 29.9 Å². The lowest BCUT2D eigenvalue weighted by molar-refractivity contribution is 0.0377. The molecule has 6 heteroatoms. The Morgan fingerprint density at radius 1 is 1.30 bits per heavy atom. The lowest BCUT2D eigenvalue weighted by Gasteiger charge is -2.31. The van der Waals surface area contributed by atoms with Crippen LogP contribution in [0.25, 0.3) is 0 Å². The lowest BCUT2D eigenvalue weighted by Crippen LogP contribution is -2.43. The van der Waals surface area contributed by atoms with Gasteiger partial charge < -0.3 is 15.4 Å². The molecule has 118 valence electrons. The van der Waals surface area contributed by atoms with Gasteiger partial charge in [-0.3, -0.25) is 9.89 Å². The number of guanidine groups is 1. The normalized spacial score (nSPS) is 25.4. The smallest absolute Gasteiger partial charge is 0.191 e. The Kier molecular flexibility index (Phi) is 8.79. The molecule has 2 fully saturated rings. The highest BCUT2D eigenvalue weighted by Gasteiger charge is 2.17. The summed E-state index contributed by atoms with van der Waals surface area (Å²) in [5, 5.41) is 0. The highest BCUT2D eigenvalue weighted by atomic mass is 127. The molecule has 1 atom stereocenters. The summed E-state index contributed by atoms with van der Waals surface area (Å²) in [5.41, 5.74) is 6.07. The number of hydrogen-bond acceptors (Lipinski definition) is 3. The van der Waals surface area contributed by atoms with E-state index in [0.717, 1.165) is 70.8 Å². The van der Waals surface area contributed by atoms with E-state index in [0.29, 0.717) is 0 Å². The van der Waals surface area contributed by atoms with E-state index in [9.17, 15) is 0 Å². The second kappa shape index (κ2) is 9.78. The van der Waals surface area contributed by atoms with Crippen LogP contribution >= 0.6 is 24.0 Å². The monoisotopic (exact) mass is 396 g/mol. The number of likely N-dealkylation sites (tertiary alicyclic amines) is 1. The Morgan fingerprint density at radius 3 is 2.75 bits per heavy atom. The Bertz CT molecular complexity index is 295. The highest BCUT2D eigenvalue weighted by molar-refractivity contribution is 14.0. The lowest BCUT2D eigenvalue weighted by atomic mass is 10.0. The van der Waals surface area contributed by atoms with Gasteiger partial charge >= 0.3 is 0 Å². The molecular formula is C14H29IN4O. The summed E-state index contributed by atoms with van der Waals surface area (Å²) in [5.74, 6) is 1.49. The van der Waals surface area contributed by atoms with Crippen molar-refractivity contribution in [3.8, 4) is 0 Å². The van der Waals surface area contributed by atoms with Crippen LogP contribution < -0.4 is 5.73 Å². The summed E-state index contributed by atoms with van der Waals surface area (Å²) < 4.78 is 5.34. The molecule has 2 aliphatic heterocycles. The fraction of sp³-hybridized carbons (Fsp3) is 0.929. The maximum absolute atomic E-state index is 6.07. The molecule has 2 aliphatic rings. The molecule has 2 saturated heterocycles. The zero-order chi connectivity index (χ0) is 13.5. The zero-order valence-electron chi connectivity index (χ0n) is 12.6. The summed E-state index contributed by atoms with van der Waals surface area (Å²) in [4.78, 5) is 9.21. The number of ether oxygens (including phenoxy) is 1. The number of piperidine rings is 1. The average Bonchev–Trinajstić information content (AvgIpc) is 2.44. The minimum absolute atomic E-state index is 0. The van der Waals surface area contributed by atoms with Gasteiger partial charge in [0.2, 0.25) is 0 Å². The fourth-order valence-electron chi connectivity index (χ4n) is 2.81. The van der Waals surface area contributed by atoms with Crippen LogP contribution in [-0.2, 0) is 4.74 Å². The molecule has 20 heavy (non-hydrogen) atoms. The second-order valence-electron chi connectivity index (χ2n) is 5.74. The van der Waals surface area contributed by atoms with Gasteiger partial charge in [-0.1, -0.05) is 6.92 Å². The van der Waals surface area contributed by atoms with Gasteiger partial charge in [0.05, 0.1) is 13.2 Å². The molecular weight excluding hydrogens is 367 g/mol. The Labute approximate surface area is 139 Å². The van der Waals surface area contributed by atoms with Crippen molar-refractivity contribution in [3.63, 3.8) is 0 Å². The topological polar surface area (TPSA) is 54.1 Å². The minimum Gasteiger partial charge on any atom is -0.379 e. The van der Waals surface area contributed by atoms with E-state index in [-0.39, 0.29) is 24.0 Å². The molecule has 0 saturated carbocycles. The fourth-order valence-corrected chi connectivity index (χ4v) is 2.81. The van der Waals surface area contributed by atoms with Crippen LogP contribution in [0.3, 0.4) is 0 Å². The van der Waals surface area contributed by atoms with Crippen LogP contribution in [0, 0.1) is 5.92 Å². The summed E-state index contributed by atoms with van der Waals surface area (Å²) in [6.07, 6.45) is 3.65. The van der Waals surface area contributed by atoms with Crippen LogP contribution in [0.2, 0.25) is 0 Å². The van der Waals surface area contributed by atoms with E-state index >= 15 is 0 Å². The Morgan fingerprint density at radius 2 is 2.05 bits per heavy atom. The number of morpholine rings is 1. The van der Waals surface area contributed by atoms with E-state index in [2.05, 4.69) is 21.7 Å². The van der Waals surface area contributed by atoms with Crippen LogP contribution in [0.5, 0.6) is 0 Å². The highest BCUT2D eigenvalue weighted by Crippen LogP contribution is 2.14. The number of halogens is 1.